The summed E-state index contributed by atoms with van der Waals surface area (Å²) in [6.07, 6.45) is 37.5. The lowest BCUT2D eigenvalue weighted by molar-refractivity contribution is -0.151. The van der Waals surface area contributed by atoms with Crippen molar-refractivity contribution in [3.8, 4) is 0 Å². The minimum absolute atomic E-state index is 0.0382. The SMILES string of the molecule is CCCCCCCCCCCCCCCCC(CCCCCCCCCCCCCCCC)(CCC(=O)O)C(=O)O. The lowest BCUT2D eigenvalue weighted by Gasteiger charge is -2.29. The summed E-state index contributed by atoms with van der Waals surface area (Å²) in [7, 11) is 0. The van der Waals surface area contributed by atoms with E-state index in [0.717, 1.165) is 25.7 Å². The number of carbonyl (C=O) groups is 2. The zero-order valence-electron chi connectivity index (χ0n) is 27.8. The van der Waals surface area contributed by atoms with Crippen molar-refractivity contribution < 1.29 is 19.8 Å². The molecule has 2 N–H and O–H groups in total. The van der Waals surface area contributed by atoms with Crippen LogP contribution in [0.25, 0.3) is 0 Å². The molecule has 0 aliphatic rings. The smallest absolute Gasteiger partial charge is 0.309 e. The van der Waals surface area contributed by atoms with E-state index in [9.17, 15) is 19.8 Å². The van der Waals surface area contributed by atoms with E-state index >= 15 is 0 Å². The van der Waals surface area contributed by atoms with Crippen LogP contribution >= 0.6 is 0 Å². The van der Waals surface area contributed by atoms with Crippen molar-refractivity contribution in [1.29, 1.82) is 0 Å². The van der Waals surface area contributed by atoms with Crippen molar-refractivity contribution in [2.45, 2.75) is 219 Å². The van der Waals surface area contributed by atoms with Gasteiger partial charge in [0.2, 0.25) is 0 Å². The van der Waals surface area contributed by atoms with E-state index in [0.29, 0.717) is 12.8 Å². The molecule has 0 amide bonds. The normalized spacial score (nSPS) is 11.8. The molecule has 0 saturated heterocycles. The highest BCUT2D eigenvalue weighted by molar-refractivity contribution is 5.76. The quantitative estimate of drug-likeness (QED) is 0.0742. The first kappa shape index (κ1) is 39.9. The molecule has 4 nitrogen and oxygen atoms in total. The van der Waals surface area contributed by atoms with Crippen LogP contribution in [0.3, 0.4) is 0 Å². The van der Waals surface area contributed by atoms with Gasteiger partial charge in [0.05, 0.1) is 5.41 Å². The Kier molecular flexibility index (Phi) is 29.6. The molecule has 0 aromatic heterocycles. The third-order valence-electron chi connectivity index (χ3n) is 9.29. The van der Waals surface area contributed by atoms with Crippen LogP contribution in [-0.4, -0.2) is 22.2 Å². The van der Waals surface area contributed by atoms with Gasteiger partial charge in [-0.2, -0.15) is 0 Å². The molecule has 244 valence electrons. The minimum atomic E-state index is -0.877. The minimum Gasteiger partial charge on any atom is -0.481 e. The van der Waals surface area contributed by atoms with Crippen molar-refractivity contribution in [2.24, 2.45) is 5.41 Å². The van der Waals surface area contributed by atoms with E-state index < -0.39 is 17.4 Å². The van der Waals surface area contributed by atoms with Crippen molar-refractivity contribution in [2.75, 3.05) is 0 Å². The number of carboxylic acid groups (broad SMARTS) is 2. The second kappa shape index (κ2) is 30.4. The maximum atomic E-state index is 12.4. The first-order chi connectivity index (χ1) is 20.0. The highest BCUT2D eigenvalue weighted by atomic mass is 16.4. The van der Waals surface area contributed by atoms with Gasteiger partial charge in [-0.3, -0.25) is 9.59 Å². The Balaban J connectivity index is 4.03. The van der Waals surface area contributed by atoms with Crippen LogP contribution in [0.1, 0.15) is 219 Å². The third-order valence-corrected chi connectivity index (χ3v) is 9.29. The molecule has 0 saturated carbocycles. The molecule has 0 atom stereocenters. The highest BCUT2D eigenvalue weighted by Crippen LogP contribution is 2.37. The monoisotopic (exact) mass is 581 g/mol. The fourth-order valence-electron chi connectivity index (χ4n) is 6.36. The molecule has 0 aromatic carbocycles. The van der Waals surface area contributed by atoms with E-state index in [1.807, 2.05) is 0 Å². The second-order valence-corrected chi connectivity index (χ2v) is 13.2. The van der Waals surface area contributed by atoms with Crippen LogP contribution in [0.15, 0.2) is 0 Å². The molecule has 0 aliphatic carbocycles. The zero-order valence-corrected chi connectivity index (χ0v) is 27.8. The molecular weight excluding hydrogens is 508 g/mol. The maximum absolute atomic E-state index is 12.4. The lowest BCUT2D eigenvalue weighted by atomic mass is 9.74. The lowest BCUT2D eigenvalue weighted by Crippen LogP contribution is -2.32. The zero-order chi connectivity index (χ0) is 30.3. The van der Waals surface area contributed by atoms with Crippen molar-refractivity contribution in [3.63, 3.8) is 0 Å². The number of carboxylic acids is 2. The summed E-state index contributed by atoms with van der Waals surface area (Å²) in [6.45, 7) is 4.53. The Morgan fingerprint density at radius 3 is 0.854 bits per heavy atom. The van der Waals surface area contributed by atoms with Gasteiger partial charge in [0.1, 0.15) is 0 Å². The molecule has 0 fully saturated rings. The van der Waals surface area contributed by atoms with Gasteiger partial charge < -0.3 is 10.2 Å². The van der Waals surface area contributed by atoms with Crippen LogP contribution < -0.4 is 0 Å². The summed E-state index contributed by atoms with van der Waals surface area (Å²) < 4.78 is 0. The molecule has 0 heterocycles. The first-order valence-electron chi connectivity index (χ1n) is 18.4. The molecular formula is C37H72O4. The van der Waals surface area contributed by atoms with Gasteiger partial charge in [0.15, 0.2) is 0 Å². The molecule has 0 aromatic rings. The van der Waals surface area contributed by atoms with E-state index in [1.54, 1.807) is 0 Å². The predicted molar refractivity (Wildman–Crippen MR) is 177 cm³/mol. The van der Waals surface area contributed by atoms with Gasteiger partial charge in [-0.25, -0.2) is 0 Å². The van der Waals surface area contributed by atoms with Gasteiger partial charge >= 0.3 is 11.9 Å². The fraction of sp³-hybridized carbons (Fsp3) is 0.946. The molecule has 0 bridgehead atoms. The Morgan fingerprint density at radius 1 is 0.390 bits per heavy atom. The van der Waals surface area contributed by atoms with Crippen LogP contribution in [0.2, 0.25) is 0 Å². The third kappa shape index (κ3) is 26.3. The average Bonchev–Trinajstić information content (AvgIpc) is 2.95. The first-order valence-corrected chi connectivity index (χ1v) is 18.4. The Morgan fingerprint density at radius 2 is 0.634 bits per heavy atom. The fourth-order valence-corrected chi connectivity index (χ4v) is 6.36. The second-order valence-electron chi connectivity index (χ2n) is 13.2. The molecule has 0 unspecified atom stereocenters. The molecule has 0 spiro atoms. The number of hydrogen-bond donors (Lipinski definition) is 2. The van der Waals surface area contributed by atoms with Crippen LogP contribution in [0.5, 0.6) is 0 Å². The van der Waals surface area contributed by atoms with Crippen molar-refractivity contribution in [1.82, 2.24) is 0 Å². The standard InChI is InChI=1S/C37H72O4/c1-3-5-7-9-11-13-15-17-19-21-23-25-27-29-32-37(36(40)41,34-31-35(38)39)33-30-28-26-24-22-20-18-16-14-12-10-8-6-4-2/h3-34H2,1-2H3,(H,38,39)(H,40,41). The van der Waals surface area contributed by atoms with E-state index in [2.05, 4.69) is 13.8 Å². The topological polar surface area (TPSA) is 74.6 Å². The summed E-state index contributed by atoms with van der Waals surface area (Å²) in [5.41, 5.74) is -0.855. The largest absolute Gasteiger partial charge is 0.481 e. The molecule has 41 heavy (non-hydrogen) atoms. The van der Waals surface area contributed by atoms with Gasteiger partial charge in [-0.15, -0.1) is 0 Å². The summed E-state index contributed by atoms with van der Waals surface area (Å²) in [5.74, 6) is -1.65. The van der Waals surface area contributed by atoms with Gasteiger partial charge in [0.25, 0.3) is 0 Å². The van der Waals surface area contributed by atoms with E-state index in [4.69, 9.17) is 0 Å². The summed E-state index contributed by atoms with van der Waals surface area (Å²) >= 11 is 0. The summed E-state index contributed by atoms with van der Waals surface area (Å²) in [5, 5.41) is 19.4. The van der Waals surface area contributed by atoms with Crippen LogP contribution in [0.4, 0.5) is 0 Å². The Bertz CT molecular complexity index is 541. The molecule has 0 aliphatic heterocycles. The van der Waals surface area contributed by atoms with Crippen LogP contribution in [-0.2, 0) is 9.59 Å². The molecule has 4 heteroatoms. The van der Waals surface area contributed by atoms with Crippen LogP contribution in [0, 0.1) is 5.41 Å². The molecule has 0 rings (SSSR count). The van der Waals surface area contributed by atoms with Crippen molar-refractivity contribution >= 4 is 11.9 Å². The van der Waals surface area contributed by atoms with E-state index in [1.165, 1.54) is 154 Å². The van der Waals surface area contributed by atoms with E-state index in [-0.39, 0.29) is 12.8 Å². The van der Waals surface area contributed by atoms with Gasteiger partial charge in [-0.1, -0.05) is 194 Å². The molecule has 0 radical (unpaired) electrons. The number of hydrogen-bond acceptors (Lipinski definition) is 2. The highest BCUT2D eigenvalue weighted by Gasteiger charge is 2.37. The number of unbranched alkanes of at least 4 members (excludes halogenated alkanes) is 26. The predicted octanol–water partition coefficient (Wildman–Crippen LogP) is 12.7. The number of rotatable bonds is 34. The summed E-state index contributed by atoms with van der Waals surface area (Å²) in [6, 6.07) is 0. The Hall–Kier alpha value is -1.06. The van der Waals surface area contributed by atoms with Gasteiger partial charge in [-0.05, 0) is 19.3 Å². The number of aliphatic carboxylic acids is 2. The summed E-state index contributed by atoms with van der Waals surface area (Å²) in [4.78, 5) is 23.6. The van der Waals surface area contributed by atoms with Crippen molar-refractivity contribution in [3.05, 3.63) is 0 Å². The van der Waals surface area contributed by atoms with Gasteiger partial charge in [0, 0.05) is 6.42 Å². The maximum Gasteiger partial charge on any atom is 0.309 e. The Labute approximate surface area is 256 Å². The average molecular weight is 581 g/mol.